The minimum Gasteiger partial charge on any atom is -0.297 e. The van der Waals surface area contributed by atoms with Crippen molar-refractivity contribution in [2.24, 2.45) is 0 Å². The molecule has 0 saturated carbocycles. The summed E-state index contributed by atoms with van der Waals surface area (Å²) in [5, 5.41) is 0. The molecule has 2 heteroatoms. The van der Waals surface area contributed by atoms with Gasteiger partial charge in [0.2, 0.25) is 0 Å². The molecule has 0 atom stereocenters. The van der Waals surface area contributed by atoms with Crippen LogP contribution in [0.4, 0.5) is 0 Å². The quantitative estimate of drug-likeness (QED) is 0.449. The maximum absolute atomic E-state index is 4.62. The first kappa shape index (κ1) is 3.84. The highest BCUT2D eigenvalue weighted by atomic mass is 16.6. The van der Waals surface area contributed by atoms with Crippen LogP contribution >= 0.6 is 0 Å². The van der Waals surface area contributed by atoms with Gasteiger partial charge in [-0.05, 0) is 0 Å². The first-order valence-electron chi connectivity index (χ1n) is 1.77. The van der Waals surface area contributed by atoms with Crippen molar-refractivity contribution < 1.29 is 4.84 Å². The second-order valence-corrected chi connectivity index (χ2v) is 0.960. The third-order valence-corrected chi connectivity index (χ3v) is 0.512. The smallest absolute Gasteiger partial charge is 0.114 e. The average Bonchev–Trinajstić information content (AvgIpc) is 1.72. The maximum atomic E-state index is 4.62. The molecule has 2 radical (unpaired) electrons. The van der Waals surface area contributed by atoms with Crippen LogP contribution in [0, 0.1) is 6.54 Å². The van der Waals surface area contributed by atoms with Crippen molar-refractivity contribution in [3.63, 3.8) is 0 Å². The highest BCUT2D eigenvalue weighted by Crippen LogP contribution is 1.83. The van der Waals surface area contributed by atoms with Crippen LogP contribution in [0.1, 0.15) is 0 Å². The minimum atomic E-state index is 0.646. The van der Waals surface area contributed by atoms with E-state index >= 15 is 0 Å². The Balaban J connectivity index is 2.26. The molecular formula is C4H5NO. The Labute approximate surface area is 36.8 Å². The van der Waals surface area contributed by atoms with Gasteiger partial charge in [-0.2, -0.15) is 5.48 Å². The summed E-state index contributed by atoms with van der Waals surface area (Å²) in [6.45, 7) is 3.28. The van der Waals surface area contributed by atoms with Gasteiger partial charge in [0.1, 0.15) is 6.54 Å². The van der Waals surface area contributed by atoms with Gasteiger partial charge in [0.15, 0.2) is 0 Å². The van der Waals surface area contributed by atoms with Crippen molar-refractivity contribution in [2.45, 2.75) is 0 Å². The Bertz CT molecular complexity index is 52.6. The van der Waals surface area contributed by atoms with Crippen LogP contribution in [0.5, 0.6) is 0 Å². The zero-order valence-corrected chi connectivity index (χ0v) is 3.27. The first-order valence-corrected chi connectivity index (χ1v) is 1.77. The van der Waals surface area contributed by atoms with E-state index in [9.17, 15) is 0 Å². The Kier molecular flexibility index (Phi) is 1.25. The molecule has 0 aromatic heterocycles. The van der Waals surface area contributed by atoms with Gasteiger partial charge in [0.05, 0.1) is 6.61 Å². The monoisotopic (exact) mass is 83.0 g/mol. The van der Waals surface area contributed by atoms with Gasteiger partial charge in [0.25, 0.3) is 0 Å². The molecule has 1 heterocycles. The fourth-order valence-electron chi connectivity index (χ4n) is 0.273. The van der Waals surface area contributed by atoms with E-state index in [0.717, 1.165) is 0 Å². The highest BCUT2D eigenvalue weighted by Gasteiger charge is 1.85. The number of hydroxylamine groups is 1. The SMILES string of the molecule is [C]1C=CCON1. The number of hydrogen-bond donors (Lipinski definition) is 1. The van der Waals surface area contributed by atoms with E-state index in [-0.39, 0.29) is 0 Å². The zero-order valence-electron chi connectivity index (χ0n) is 3.27. The third kappa shape index (κ3) is 0.808. The fraction of sp³-hybridized carbons (Fsp3) is 0.250. The molecule has 1 N–H and O–H groups in total. The van der Waals surface area contributed by atoms with Gasteiger partial charge in [-0.3, -0.25) is 4.84 Å². The lowest BCUT2D eigenvalue weighted by Gasteiger charge is -2.01. The Hall–Kier alpha value is -0.340. The second kappa shape index (κ2) is 1.95. The van der Waals surface area contributed by atoms with Gasteiger partial charge < -0.3 is 0 Å². The van der Waals surface area contributed by atoms with Crippen LogP contribution in [-0.4, -0.2) is 6.61 Å². The van der Waals surface area contributed by atoms with E-state index in [0.29, 0.717) is 6.61 Å². The molecule has 0 saturated heterocycles. The van der Waals surface area contributed by atoms with E-state index in [1.807, 2.05) is 6.08 Å². The van der Waals surface area contributed by atoms with Crippen molar-refractivity contribution in [3.8, 4) is 0 Å². The lowest BCUT2D eigenvalue weighted by Crippen LogP contribution is -2.13. The molecule has 0 aliphatic carbocycles. The van der Waals surface area contributed by atoms with Crippen molar-refractivity contribution in [3.05, 3.63) is 18.7 Å². The Morgan fingerprint density at radius 3 is 3.00 bits per heavy atom. The molecule has 0 unspecified atom stereocenters. The molecule has 0 aromatic carbocycles. The first-order chi connectivity index (χ1) is 3.00. The van der Waals surface area contributed by atoms with E-state index in [1.54, 1.807) is 6.08 Å². The van der Waals surface area contributed by atoms with E-state index in [1.165, 1.54) is 0 Å². The van der Waals surface area contributed by atoms with Gasteiger partial charge in [-0.25, -0.2) is 0 Å². The highest BCUT2D eigenvalue weighted by molar-refractivity contribution is 4.93. The van der Waals surface area contributed by atoms with Crippen LogP contribution < -0.4 is 5.48 Å². The summed E-state index contributed by atoms with van der Waals surface area (Å²) in [5.74, 6) is 0. The predicted molar refractivity (Wildman–Crippen MR) is 21.5 cm³/mol. The molecule has 6 heavy (non-hydrogen) atoms. The second-order valence-electron chi connectivity index (χ2n) is 0.960. The molecule has 0 amide bonds. The molecule has 0 spiro atoms. The number of nitrogens with one attached hydrogen (secondary N) is 1. The van der Waals surface area contributed by atoms with E-state index < -0.39 is 0 Å². The number of hydrogen-bond acceptors (Lipinski definition) is 2. The summed E-state index contributed by atoms with van der Waals surface area (Å²) in [7, 11) is 0. The minimum absolute atomic E-state index is 0.646. The molecule has 2 nitrogen and oxygen atoms in total. The molecule has 0 bridgehead atoms. The molecular weight excluding hydrogens is 78.0 g/mol. The maximum Gasteiger partial charge on any atom is 0.114 e. The van der Waals surface area contributed by atoms with Crippen molar-refractivity contribution in [1.82, 2.24) is 5.48 Å². The van der Waals surface area contributed by atoms with E-state index in [4.69, 9.17) is 0 Å². The van der Waals surface area contributed by atoms with Crippen molar-refractivity contribution >= 4 is 0 Å². The van der Waals surface area contributed by atoms with Gasteiger partial charge in [-0.15, -0.1) is 0 Å². The molecule has 1 aliphatic heterocycles. The van der Waals surface area contributed by atoms with Gasteiger partial charge in [-0.1, -0.05) is 12.2 Å². The van der Waals surface area contributed by atoms with Crippen LogP contribution in [0.25, 0.3) is 0 Å². The lowest BCUT2D eigenvalue weighted by molar-refractivity contribution is 0.0795. The summed E-state index contributed by atoms with van der Waals surface area (Å²) in [6, 6.07) is 0. The molecule has 0 fully saturated rings. The van der Waals surface area contributed by atoms with Crippen molar-refractivity contribution in [2.75, 3.05) is 6.61 Å². The molecule has 1 aliphatic rings. The summed E-state index contributed by atoms with van der Waals surface area (Å²) < 4.78 is 0. The fourth-order valence-corrected chi connectivity index (χ4v) is 0.273. The average molecular weight is 83.1 g/mol. The molecule has 32 valence electrons. The standard InChI is InChI=1S/C4H5NO/c1-2-4-6-5-3-1/h1-2,5H,4H2. The summed E-state index contributed by atoms with van der Waals surface area (Å²) >= 11 is 0. The van der Waals surface area contributed by atoms with Crippen LogP contribution in [0.2, 0.25) is 0 Å². The third-order valence-electron chi connectivity index (χ3n) is 0.512. The summed E-state index contributed by atoms with van der Waals surface area (Å²) in [4.78, 5) is 4.62. The summed E-state index contributed by atoms with van der Waals surface area (Å²) in [5.41, 5.74) is 2.45. The van der Waals surface area contributed by atoms with Crippen molar-refractivity contribution in [1.29, 1.82) is 0 Å². The lowest BCUT2D eigenvalue weighted by atomic mass is 10.5. The Morgan fingerprint density at radius 1 is 1.83 bits per heavy atom. The molecule has 0 aromatic rings. The van der Waals surface area contributed by atoms with Gasteiger partial charge in [0, 0.05) is 0 Å². The predicted octanol–water partition coefficient (Wildman–Crippen LogP) is 0.116. The van der Waals surface area contributed by atoms with Gasteiger partial charge >= 0.3 is 0 Å². The summed E-state index contributed by atoms with van der Waals surface area (Å²) in [6.07, 6.45) is 3.65. The zero-order chi connectivity index (χ0) is 4.24. The normalized spacial score (nSPS) is 21.3. The largest absolute Gasteiger partial charge is 0.297 e. The Morgan fingerprint density at radius 2 is 2.83 bits per heavy atom. The van der Waals surface area contributed by atoms with E-state index in [2.05, 4.69) is 16.9 Å². The van der Waals surface area contributed by atoms with Crippen LogP contribution in [0.15, 0.2) is 12.2 Å². The topological polar surface area (TPSA) is 21.3 Å². The number of rotatable bonds is 0. The van der Waals surface area contributed by atoms with Crippen LogP contribution in [-0.2, 0) is 4.84 Å². The van der Waals surface area contributed by atoms with Crippen LogP contribution in [0.3, 0.4) is 0 Å². The molecule has 1 rings (SSSR count).